The first-order chi connectivity index (χ1) is 13.1. The van der Waals surface area contributed by atoms with Crippen LogP contribution in [0, 0.1) is 5.82 Å². The average Bonchev–Trinajstić information content (AvgIpc) is 2.66. The van der Waals surface area contributed by atoms with Crippen molar-refractivity contribution in [2.24, 2.45) is 0 Å². The predicted molar refractivity (Wildman–Crippen MR) is 107 cm³/mol. The van der Waals surface area contributed by atoms with Crippen LogP contribution in [-0.2, 0) is 0 Å². The monoisotopic (exact) mass is 366 g/mol. The molecule has 2 aromatic heterocycles. The van der Waals surface area contributed by atoms with E-state index < -0.39 is 0 Å². The van der Waals surface area contributed by atoms with E-state index >= 15 is 0 Å². The van der Waals surface area contributed by atoms with Gasteiger partial charge in [-0.3, -0.25) is 4.98 Å². The molecule has 0 atom stereocenters. The molecule has 0 saturated heterocycles. The van der Waals surface area contributed by atoms with Crippen molar-refractivity contribution >= 4 is 17.5 Å². The number of aromatic nitrogens is 3. The van der Waals surface area contributed by atoms with Crippen molar-refractivity contribution in [3.8, 4) is 11.4 Å². The van der Waals surface area contributed by atoms with E-state index in [1.165, 1.54) is 12.1 Å². The highest BCUT2D eigenvalue weighted by Gasteiger charge is 2.08. The molecule has 2 N–H and O–H groups in total. The van der Waals surface area contributed by atoms with Gasteiger partial charge in [0.2, 0.25) is 5.95 Å². The van der Waals surface area contributed by atoms with E-state index in [0.29, 0.717) is 23.1 Å². The van der Waals surface area contributed by atoms with Crippen LogP contribution in [0.25, 0.3) is 11.4 Å². The number of rotatable bonds is 8. The first kappa shape index (κ1) is 18.7. The molecule has 3 aromatic rings. The normalized spacial score (nSPS) is 10.8. The third-order valence-corrected chi connectivity index (χ3v) is 3.82. The lowest BCUT2D eigenvalue weighted by Crippen LogP contribution is -2.17. The van der Waals surface area contributed by atoms with Crippen molar-refractivity contribution in [2.75, 3.05) is 37.8 Å². The molecule has 0 aliphatic heterocycles. The number of benzene rings is 1. The minimum absolute atomic E-state index is 0.305. The Balaban J connectivity index is 1.83. The van der Waals surface area contributed by atoms with E-state index in [0.717, 1.165) is 25.2 Å². The van der Waals surface area contributed by atoms with Gasteiger partial charge in [-0.25, -0.2) is 9.37 Å². The summed E-state index contributed by atoms with van der Waals surface area (Å²) in [5.74, 6) is 0.781. The Morgan fingerprint density at radius 1 is 1.00 bits per heavy atom. The maximum atomic E-state index is 13.5. The third-order valence-electron chi connectivity index (χ3n) is 3.82. The van der Waals surface area contributed by atoms with Gasteiger partial charge < -0.3 is 15.5 Å². The molecule has 0 aliphatic rings. The van der Waals surface area contributed by atoms with Crippen LogP contribution in [0.1, 0.15) is 6.42 Å². The molecule has 0 aliphatic carbocycles. The summed E-state index contributed by atoms with van der Waals surface area (Å²) in [6, 6.07) is 13.7. The SMILES string of the molecule is CN(C)CCCNc1nc(Nc2cccc(F)c2)cc(-c2ccccn2)n1. The second kappa shape index (κ2) is 9.05. The molecule has 0 spiro atoms. The Morgan fingerprint density at radius 2 is 1.89 bits per heavy atom. The van der Waals surface area contributed by atoms with E-state index in [2.05, 4.69) is 30.5 Å². The van der Waals surface area contributed by atoms with E-state index in [-0.39, 0.29) is 5.82 Å². The highest BCUT2D eigenvalue weighted by molar-refractivity contribution is 5.65. The van der Waals surface area contributed by atoms with Crippen LogP contribution >= 0.6 is 0 Å². The molecule has 3 rings (SSSR count). The summed E-state index contributed by atoms with van der Waals surface area (Å²) < 4.78 is 13.5. The lowest BCUT2D eigenvalue weighted by atomic mass is 10.2. The molecule has 0 bridgehead atoms. The molecule has 0 fully saturated rings. The van der Waals surface area contributed by atoms with Crippen LogP contribution in [0.15, 0.2) is 54.7 Å². The van der Waals surface area contributed by atoms with Crippen LogP contribution in [0.5, 0.6) is 0 Å². The number of hydrogen-bond donors (Lipinski definition) is 2. The number of hydrogen-bond acceptors (Lipinski definition) is 6. The van der Waals surface area contributed by atoms with Crippen LogP contribution in [0.4, 0.5) is 21.8 Å². The number of anilines is 3. The fraction of sp³-hybridized carbons (Fsp3) is 0.250. The summed E-state index contributed by atoms with van der Waals surface area (Å²) in [6.45, 7) is 1.73. The summed E-state index contributed by atoms with van der Waals surface area (Å²) in [4.78, 5) is 15.6. The molecular formula is C20H23FN6. The highest BCUT2D eigenvalue weighted by Crippen LogP contribution is 2.22. The van der Waals surface area contributed by atoms with Crippen LogP contribution in [0.2, 0.25) is 0 Å². The lowest BCUT2D eigenvalue weighted by Gasteiger charge is -2.12. The Labute approximate surface area is 158 Å². The molecule has 0 unspecified atom stereocenters. The predicted octanol–water partition coefficient (Wildman–Crippen LogP) is 3.78. The maximum Gasteiger partial charge on any atom is 0.225 e. The van der Waals surface area contributed by atoms with Crippen molar-refractivity contribution < 1.29 is 4.39 Å². The number of nitrogens with zero attached hydrogens (tertiary/aromatic N) is 4. The van der Waals surface area contributed by atoms with Gasteiger partial charge in [0.15, 0.2) is 0 Å². The van der Waals surface area contributed by atoms with Crippen molar-refractivity contribution in [3.63, 3.8) is 0 Å². The second-order valence-corrected chi connectivity index (χ2v) is 6.40. The molecule has 1 aromatic carbocycles. The summed E-state index contributed by atoms with van der Waals surface area (Å²) in [5, 5.41) is 6.39. The number of pyridine rings is 1. The van der Waals surface area contributed by atoms with Gasteiger partial charge in [-0.05, 0) is 57.4 Å². The molecular weight excluding hydrogens is 343 g/mol. The van der Waals surface area contributed by atoms with Crippen LogP contribution < -0.4 is 10.6 Å². The van der Waals surface area contributed by atoms with Gasteiger partial charge in [-0.15, -0.1) is 0 Å². The van der Waals surface area contributed by atoms with Gasteiger partial charge >= 0.3 is 0 Å². The van der Waals surface area contributed by atoms with Gasteiger partial charge in [0, 0.05) is 24.5 Å². The molecule has 0 amide bonds. The molecule has 27 heavy (non-hydrogen) atoms. The Kier molecular flexibility index (Phi) is 6.27. The number of halogens is 1. The van der Waals surface area contributed by atoms with Crippen molar-refractivity contribution in [2.45, 2.75) is 6.42 Å². The first-order valence-corrected chi connectivity index (χ1v) is 8.82. The smallest absolute Gasteiger partial charge is 0.225 e. The molecule has 7 heteroatoms. The zero-order valence-corrected chi connectivity index (χ0v) is 15.5. The van der Waals surface area contributed by atoms with E-state index in [1.54, 1.807) is 24.4 Å². The first-order valence-electron chi connectivity index (χ1n) is 8.82. The van der Waals surface area contributed by atoms with Crippen molar-refractivity contribution in [1.29, 1.82) is 0 Å². The van der Waals surface area contributed by atoms with Gasteiger partial charge in [0.25, 0.3) is 0 Å². The Bertz CT molecular complexity index is 869. The van der Waals surface area contributed by atoms with Gasteiger partial charge in [-0.1, -0.05) is 12.1 Å². The highest BCUT2D eigenvalue weighted by atomic mass is 19.1. The average molecular weight is 366 g/mol. The fourth-order valence-electron chi connectivity index (χ4n) is 2.55. The molecule has 2 heterocycles. The largest absolute Gasteiger partial charge is 0.354 e. The van der Waals surface area contributed by atoms with Crippen molar-refractivity contribution in [3.05, 3.63) is 60.5 Å². The molecule has 0 saturated carbocycles. The zero-order valence-electron chi connectivity index (χ0n) is 15.5. The second-order valence-electron chi connectivity index (χ2n) is 6.40. The molecule has 0 radical (unpaired) electrons. The van der Waals surface area contributed by atoms with Crippen molar-refractivity contribution in [1.82, 2.24) is 19.9 Å². The Hall–Kier alpha value is -3.06. The van der Waals surface area contributed by atoms with Gasteiger partial charge in [0.05, 0.1) is 11.4 Å². The summed E-state index contributed by atoms with van der Waals surface area (Å²) in [5.41, 5.74) is 2.07. The van der Waals surface area contributed by atoms with E-state index in [9.17, 15) is 4.39 Å². The maximum absolute atomic E-state index is 13.5. The standard InChI is InChI=1S/C20H23FN6/c1-27(2)12-6-11-23-20-25-18(17-9-3-4-10-22-17)14-19(26-20)24-16-8-5-7-15(21)13-16/h3-5,7-10,13-14H,6,11-12H2,1-2H3,(H2,23,24,25,26). The summed E-state index contributed by atoms with van der Waals surface area (Å²) in [6.07, 6.45) is 2.69. The summed E-state index contributed by atoms with van der Waals surface area (Å²) >= 11 is 0. The van der Waals surface area contributed by atoms with Crippen LogP contribution in [0.3, 0.4) is 0 Å². The topological polar surface area (TPSA) is 66.0 Å². The minimum Gasteiger partial charge on any atom is -0.354 e. The molecule has 6 nitrogen and oxygen atoms in total. The fourth-order valence-corrected chi connectivity index (χ4v) is 2.55. The zero-order chi connectivity index (χ0) is 19.1. The van der Waals surface area contributed by atoms with Gasteiger partial charge in [0.1, 0.15) is 11.6 Å². The molecule has 140 valence electrons. The third kappa shape index (κ3) is 5.72. The summed E-state index contributed by atoms with van der Waals surface area (Å²) in [7, 11) is 4.08. The van der Waals surface area contributed by atoms with Crippen LogP contribution in [-0.4, -0.2) is 47.0 Å². The Morgan fingerprint density at radius 3 is 2.63 bits per heavy atom. The van der Waals surface area contributed by atoms with E-state index in [1.807, 2.05) is 32.3 Å². The quantitative estimate of drug-likeness (QED) is 0.592. The van der Waals surface area contributed by atoms with Gasteiger partial charge in [-0.2, -0.15) is 4.98 Å². The lowest BCUT2D eigenvalue weighted by molar-refractivity contribution is 0.405. The minimum atomic E-state index is -0.305. The van der Waals surface area contributed by atoms with E-state index in [4.69, 9.17) is 0 Å². The number of nitrogens with one attached hydrogen (secondary N) is 2.